The fraction of sp³-hybridized carbons (Fsp3) is 0.706. The van der Waals surface area contributed by atoms with E-state index in [9.17, 15) is 4.79 Å². The summed E-state index contributed by atoms with van der Waals surface area (Å²) >= 11 is 0. The molecular formula is C17H24N4O2. The molecule has 1 aromatic heterocycles. The number of nitrogens with one attached hydrogen (secondary N) is 1. The van der Waals surface area contributed by atoms with Crippen molar-refractivity contribution in [1.82, 2.24) is 20.1 Å². The number of H-pyrrole nitrogens is 1. The normalized spacial score (nSPS) is 30.9. The maximum Gasteiger partial charge on any atom is 0.249 e. The SMILES string of the molecule is Cc1nc([C@H]2C[C@@H]3CCN(C(=O)C4=CCCCC4)C[C@H]3O2)n[nH]1. The number of ether oxygens (including phenoxy) is 1. The summed E-state index contributed by atoms with van der Waals surface area (Å²) in [5, 5.41) is 7.12. The number of aromatic amines is 1. The zero-order valence-electron chi connectivity index (χ0n) is 13.6. The Kier molecular flexibility index (Phi) is 3.93. The minimum atomic E-state index is -0.0288. The van der Waals surface area contributed by atoms with Gasteiger partial charge in [-0.15, -0.1) is 0 Å². The first kappa shape index (κ1) is 14.9. The van der Waals surface area contributed by atoms with E-state index in [0.717, 1.165) is 55.9 Å². The quantitative estimate of drug-likeness (QED) is 0.909. The lowest BCUT2D eigenvalue weighted by Gasteiger charge is -2.35. The Morgan fingerprint density at radius 1 is 1.43 bits per heavy atom. The summed E-state index contributed by atoms with van der Waals surface area (Å²) in [5.41, 5.74) is 1.01. The molecule has 2 fully saturated rings. The summed E-state index contributed by atoms with van der Waals surface area (Å²) < 4.78 is 6.17. The van der Waals surface area contributed by atoms with Gasteiger partial charge in [0.05, 0.1) is 6.10 Å². The van der Waals surface area contributed by atoms with Crippen molar-refractivity contribution in [2.24, 2.45) is 5.92 Å². The second-order valence-corrected chi connectivity index (χ2v) is 6.95. The van der Waals surface area contributed by atoms with Crippen LogP contribution in [-0.4, -0.2) is 45.2 Å². The van der Waals surface area contributed by atoms with Gasteiger partial charge in [-0.05, 0) is 51.4 Å². The Labute approximate surface area is 136 Å². The number of likely N-dealkylation sites (tertiary alicyclic amines) is 1. The first-order chi connectivity index (χ1) is 11.2. The van der Waals surface area contributed by atoms with Crippen LogP contribution in [0.15, 0.2) is 11.6 Å². The van der Waals surface area contributed by atoms with E-state index in [4.69, 9.17) is 4.74 Å². The van der Waals surface area contributed by atoms with E-state index in [0.29, 0.717) is 12.5 Å². The van der Waals surface area contributed by atoms with Gasteiger partial charge in [0.1, 0.15) is 11.9 Å². The number of fused-ring (bicyclic) bond motifs is 1. The molecule has 0 saturated carbocycles. The van der Waals surface area contributed by atoms with Crippen molar-refractivity contribution in [3.05, 3.63) is 23.3 Å². The first-order valence-corrected chi connectivity index (χ1v) is 8.73. The average Bonchev–Trinajstić information content (AvgIpc) is 3.20. The Bertz CT molecular complexity index is 624. The second-order valence-electron chi connectivity index (χ2n) is 6.95. The number of aryl methyl sites for hydroxylation is 1. The van der Waals surface area contributed by atoms with Crippen molar-refractivity contribution in [3.8, 4) is 0 Å². The van der Waals surface area contributed by atoms with Crippen LogP contribution in [0.4, 0.5) is 0 Å². The summed E-state index contributed by atoms with van der Waals surface area (Å²) in [4.78, 5) is 19.1. The van der Waals surface area contributed by atoms with Gasteiger partial charge in [-0.1, -0.05) is 6.08 Å². The van der Waals surface area contributed by atoms with Gasteiger partial charge in [-0.2, -0.15) is 5.10 Å². The maximum atomic E-state index is 12.7. The van der Waals surface area contributed by atoms with Gasteiger partial charge < -0.3 is 9.64 Å². The second kappa shape index (κ2) is 6.07. The fourth-order valence-electron chi connectivity index (χ4n) is 4.02. The number of nitrogens with zero attached hydrogens (tertiary/aromatic N) is 3. The van der Waals surface area contributed by atoms with Gasteiger partial charge in [0.25, 0.3) is 0 Å². The number of piperidine rings is 1. The minimum Gasteiger partial charge on any atom is -0.365 e. The standard InChI is InChI=1S/C17H24N4O2/c1-11-18-16(20-19-11)14-9-13-7-8-21(10-15(13)23-14)17(22)12-5-3-2-4-6-12/h5,13-15H,2-4,6-10H2,1H3,(H,18,19,20)/t13-,14+,15+/m0/s1. The minimum absolute atomic E-state index is 0.0288. The van der Waals surface area contributed by atoms with E-state index in [1.807, 2.05) is 11.8 Å². The van der Waals surface area contributed by atoms with E-state index >= 15 is 0 Å². The Balaban J connectivity index is 1.41. The van der Waals surface area contributed by atoms with Crippen LogP contribution in [0, 0.1) is 12.8 Å². The summed E-state index contributed by atoms with van der Waals surface area (Å²) in [6, 6.07) is 0. The third kappa shape index (κ3) is 2.92. The number of hydrogen-bond donors (Lipinski definition) is 1. The molecule has 3 atom stereocenters. The number of amides is 1. The van der Waals surface area contributed by atoms with E-state index in [2.05, 4.69) is 21.3 Å². The Hall–Kier alpha value is -1.69. The van der Waals surface area contributed by atoms with E-state index in [1.54, 1.807) is 0 Å². The Morgan fingerprint density at radius 3 is 3.09 bits per heavy atom. The molecule has 124 valence electrons. The lowest BCUT2D eigenvalue weighted by Crippen LogP contribution is -2.46. The lowest BCUT2D eigenvalue weighted by atomic mass is 9.90. The predicted molar refractivity (Wildman–Crippen MR) is 84.6 cm³/mol. The molecule has 3 heterocycles. The summed E-state index contributed by atoms with van der Waals surface area (Å²) in [6.07, 6.45) is 8.54. The molecule has 0 unspecified atom stereocenters. The van der Waals surface area contributed by atoms with Crippen LogP contribution in [0.25, 0.3) is 0 Å². The van der Waals surface area contributed by atoms with Gasteiger partial charge in [-0.25, -0.2) is 4.98 Å². The molecule has 0 bridgehead atoms. The van der Waals surface area contributed by atoms with Crippen LogP contribution in [0.5, 0.6) is 0 Å². The summed E-state index contributed by atoms with van der Waals surface area (Å²) in [7, 11) is 0. The number of carbonyl (C=O) groups is 1. The third-order valence-electron chi connectivity index (χ3n) is 5.31. The molecule has 2 saturated heterocycles. The van der Waals surface area contributed by atoms with Crippen molar-refractivity contribution >= 4 is 5.91 Å². The summed E-state index contributed by atoms with van der Waals surface area (Å²) in [5.74, 6) is 2.32. The largest absolute Gasteiger partial charge is 0.365 e. The van der Waals surface area contributed by atoms with E-state index < -0.39 is 0 Å². The highest BCUT2D eigenvalue weighted by molar-refractivity contribution is 5.93. The number of rotatable bonds is 2. The van der Waals surface area contributed by atoms with Crippen LogP contribution in [0.2, 0.25) is 0 Å². The number of allylic oxidation sites excluding steroid dienone is 1. The molecule has 23 heavy (non-hydrogen) atoms. The zero-order chi connectivity index (χ0) is 15.8. The summed E-state index contributed by atoms with van der Waals surface area (Å²) in [6.45, 7) is 3.46. The van der Waals surface area contributed by atoms with Gasteiger partial charge in [0, 0.05) is 18.7 Å². The molecule has 1 aliphatic carbocycles. The van der Waals surface area contributed by atoms with Crippen LogP contribution in [-0.2, 0) is 9.53 Å². The highest BCUT2D eigenvalue weighted by atomic mass is 16.5. The van der Waals surface area contributed by atoms with Crippen LogP contribution >= 0.6 is 0 Å². The number of aromatic nitrogens is 3. The van der Waals surface area contributed by atoms with Crippen LogP contribution in [0.3, 0.4) is 0 Å². The Morgan fingerprint density at radius 2 is 2.35 bits per heavy atom. The third-order valence-corrected chi connectivity index (χ3v) is 5.31. The fourth-order valence-corrected chi connectivity index (χ4v) is 4.02. The van der Waals surface area contributed by atoms with Crippen molar-refractivity contribution in [2.45, 2.75) is 57.7 Å². The van der Waals surface area contributed by atoms with Gasteiger partial charge in [0.15, 0.2) is 5.82 Å². The van der Waals surface area contributed by atoms with E-state index in [1.165, 1.54) is 6.42 Å². The molecule has 0 aromatic carbocycles. The van der Waals surface area contributed by atoms with E-state index in [-0.39, 0.29) is 18.1 Å². The smallest absolute Gasteiger partial charge is 0.249 e. The van der Waals surface area contributed by atoms with Gasteiger partial charge >= 0.3 is 0 Å². The number of hydrogen-bond acceptors (Lipinski definition) is 4. The van der Waals surface area contributed by atoms with Crippen molar-refractivity contribution < 1.29 is 9.53 Å². The molecule has 0 radical (unpaired) electrons. The maximum absolute atomic E-state index is 12.7. The highest BCUT2D eigenvalue weighted by Gasteiger charge is 2.42. The molecule has 3 aliphatic rings. The van der Waals surface area contributed by atoms with Gasteiger partial charge in [-0.3, -0.25) is 9.89 Å². The van der Waals surface area contributed by atoms with Crippen molar-refractivity contribution in [1.29, 1.82) is 0 Å². The predicted octanol–water partition coefficient (Wildman–Crippen LogP) is 2.29. The van der Waals surface area contributed by atoms with Crippen LogP contribution < -0.4 is 0 Å². The molecule has 6 heteroatoms. The highest BCUT2D eigenvalue weighted by Crippen LogP contribution is 2.40. The lowest BCUT2D eigenvalue weighted by molar-refractivity contribution is -0.131. The molecule has 2 aliphatic heterocycles. The molecule has 1 N–H and O–H groups in total. The van der Waals surface area contributed by atoms with Gasteiger partial charge in [0.2, 0.25) is 5.91 Å². The first-order valence-electron chi connectivity index (χ1n) is 8.73. The molecule has 1 amide bonds. The zero-order valence-corrected chi connectivity index (χ0v) is 13.6. The molecule has 0 spiro atoms. The molecule has 1 aromatic rings. The van der Waals surface area contributed by atoms with Crippen molar-refractivity contribution in [2.75, 3.05) is 13.1 Å². The molecule has 4 rings (SSSR count). The topological polar surface area (TPSA) is 71.1 Å². The molecule has 6 nitrogen and oxygen atoms in total. The van der Waals surface area contributed by atoms with Crippen LogP contribution in [0.1, 0.15) is 56.3 Å². The monoisotopic (exact) mass is 316 g/mol. The molecular weight excluding hydrogens is 292 g/mol. The average molecular weight is 316 g/mol. The van der Waals surface area contributed by atoms with Crippen molar-refractivity contribution in [3.63, 3.8) is 0 Å². The number of carbonyl (C=O) groups excluding carboxylic acids is 1.